The van der Waals surface area contributed by atoms with Gasteiger partial charge in [-0.1, -0.05) is 0 Å². The number of anilines is 1. The van der Waals surface area contributed by atoms with Gasteiger partial charge in [-0.25, -0.2) is 13.2 Å². The number of nitrogens with zero attached hydrogens (tertiary/aromatic N) is 1. The van der Waals surface area contributed by atoms with E-state index in [0.29, 0.717) is 19.2 Å². The maximum Gasteiger partial charge on any atom is 0.161 e. The zero-order valence-corrected chi connectivity index (χ0v) is 7.56. The largest absolute Gasteiger partial charge is 0.369 e. The van der Waals surface area contributed by atoms with E-state index >= 15 is 0 Å². The van der Waals surface area contributed by atoms with Crippen molar-refractivity contribution in [2.24, 2.45) is 0 Å². The normalized spacial score (nSPS) is 16.4. The van der Waals surface area contributed by atoms with Crippen LogP contribution in [0.1, 0.15) is 12.8 Å². The molecule has 4 heteroatoms. The molecule has 0 aromatic heterocycles. The van der Waals surface area contributed by atoms with Gasteiger partial charge in [-0.2, -0.15) is 0 Å². The van der Waals surface area contributed by atoms with E-state index in [2.05, 4.69) is 0 Å². The van der Waals surface area contributed by atoms with Gasteiger partial charge in [0, 0.05) is 25.2 Å². The molecule has 0 spiro atoms. The number of benzene rings is 1. The Hall–Kier alpha value is -1.19. The highest BCUT2D eigenvalue weighted by atomic mass is 19.2. The summed E-state index contributed by atoms with van der Waals surface area (Å²) in [5.74, 6) is -2.82. The van der Waals surface area contributed by atoms with Gasteiger partial charge in [0.05, 0.1) is 5.69 Å². The molecule has 1 aliphatic heterocycles. The van der Waals surface area contributed by atoms with E-state index in [0.717, 1.165) is 18.9 Å². The van der Waals surface area contributed by atoms with Gasteiger partial charge in [-0.3, -0.25) is 0 Å². The first-order valence-electron chi connectivity index (χ1n) is 4.58. The van der Waals surface area contributed by atoms with Crippen LogP contribution in [0.5, 0.6) is 0 Å². The minimum absolute atomic E-state index is 0.168. The Morgan fingerprint density at radius 3 is 2.07 bits per heavy atom. The lowest BCUT2D eigenvalue weighted by Gasteiger charge is -2.18. The van der Waals surface area contributed by atoms with Crippen LogP contribution in [0.4, 0.5) is 18.9 Å². The lowest BCUT2D eigenvalue weighted by Crippen LogP contribution is -2.19. The second kappa shape index (κ2) is 3.52. The predicted octanol–water partition coefficient (Wildman–Crippen LogP) is 2.70. The standard InChI is InChI=1S/C10H10F3N/c11-7-5-9(13)10(6-8(7)12)14-3-1-2-4-14/h5-6H,1-4H2. The minimum atomic E-state index is -1.13. The highest BCUT2D eigenvalue weighted by Gasteiger charge is 2.18. The fourth-order valence-corrected chi connectivity index (χ4v) is 1.71. The molecule has 0 radical (unpaired) electrons. The van der Waals surface area contributed by atoms with E-state index in [1.807, 2.05) is 0 Å². The van der Waals surface area contributed by atoms with Crippen molar-refractivity contribution in [3.05, 3.63) is 29.6 Å². The molecule has 0 bridgehead atoms. The molecular weight excluding hydrogens is 191 g/mol. The Bertz CT molecular complexity index is 345. The van der Waals surface area contributed by atoms with Gasteiger partial charge in [-0.15, -0.1) is 0 Å². The molecule has 0 unspecified atom stereocenters. The SMILES string of the molecule is Fc1cc(F)c(N2CCCC2)cc1F. The first-order valence-corrected chi connectivity index (χ1v) is 4.58. The molecule has 2 rings (SSSR count). The molecule has 1 heterocycles. The van der Waals surface area contributed by atoms with Gasteiger partial charge in [0.15, 0.2) is 11.6 Å². The smallest absolute Gasteiger partial charge is 0.161 e. The number of halogens is 3. The lowest BCUT2D eigenvalue weighted by atomic mass is 10.2. The molecule has 1 saturated heterocycles. The van der Waals surface area contributed by atoms with Crippen LogP contribution >= 0.6 is 0 Å². The van der Waals surface area contributed by atoms with Crippen LogP contribution in [0.15, 0.2) is 12.1 Å². The van der Waals surface area contributed by atoms with Crippen molar-refractivity contribution in [2.75, 3.05) is 18.0 Å². The Labute approximate surface area is 80.1 Å². The van der Waals surface area contributed by atoms with E-state index in [-0.39, 0.29) is 5.69 Å². The first-order chi connectivity index (χ1) is 6.68. The summed E-state index contributed by atoms with van der Waals surface area (Å²) in [6.07, 6.45) is 1.94. The third-order valence-corrected chi connectivity index (χ3v) is 2.44. The van der Waals surface area contributed by atoms with Gasteiger partial charge in [0.2, 0.25) is 0 Å². The maximum absolute atomic E-state index is 13.2. The van der Waals surface area contributed by atoms with Crippen LogP contribution in [0.2, 0.25) is 0 Å². The summed E-state index contributed by atoms with van der Waals surface area (Å²) in [5, 5.41) is 0. The third kappa shape index (κ3) is 1.56. The van der Waals surface area contributed by atoms with Crippen molar-refractivity contribution < 1.29 is 13.2 Å². The fraction of sp³-hybridized carbons (Fsp3) is 0.400. The molecule has 0 saturated carbocycles. The van der Waals surface area contributed by atoms with Crippen molar-refractivity contribution in [3.63, 3.8) is 0 Å². The summed E-state index contributed by atoms with van der Waals surface area (Å²) in [7, 11) is 0. The minimum Gasteiger partial charge on any atom is -0.369 e. The van der Waals surface area contributed by atoms with Gasteiger partial charge in [-0.05, 0) is 12.8 Å². The molecule has 14 heavy (non-hydrogen) atoms. The van der Waals surface area contributed by atoms with Crippen LogP contribution in [-0.2, 0) is 0 Å². The van der Waals surface area contributed by atoms with Crippen LogP contribution in [0.25, 0.3) is 0 Å². The molecule has 76 valence electrons. The molecule has 1 fully saturated rings. The summed E-state index contributed by atoms with van der Waals surface area (Å²) in [4.78, 5) is 1.73. The summed E-state index contributed by atoms with van der Waals surface area (Å²) < 4.78 is 38.7. The first kappa shape index (κ1) is 9.37. The Balaban J connectivity index is 2.37. The maximum atomic E-state index is 13.2. The lowest BCUT2D eigenvalue weighted by molar-refractivity contribution is 0.494. The van der Waals surface area contributed by atoms with Gasteiger partial charge in [0.25, 0.3) is 0 Å². The van der Waals surface area contributed by atoms with Crippen molar-refractivity contribution in [1.29, 1.82) is 0 Å². The van der Waals surface area contributed by atoms with Gasteiger partial charge < -0.3 is 4.90 Å². The Morgan fingerprint density at radius 1 is 0.857 bits per heavy atom. The molecular formula is C10H10F3N. The molecule has 0 aliphatic carbocycles. The van der Waals surface area contributed by atoms with E-state index in [1.165, 1.54) is 0 Å². The quantitative estimate of drug-likeness (QED) is 0.631. The van der Waals surface area contributed by atoms with Crippen molar-refractivity contribution in [2.45, 2.75) is 12.8 Å². The molecule has 0 atom stereocenters. The molecule has 0 N–H and O–H groups in total. The summed E-state index contributed by atoms with van der Waals surface area (Å²) in [5.41, 5.74) is 0.168. The molecule has 1 aliphatic rings. The fourth-order valence-electron chi connectivity index (χ4n) is 1.71. The van der Waals surface area contributed by atoms with Crippen LogP contribution in [0.3, 0.4) is 0 Å². The second-order valence-corrected chi connectivity index (χ2v) is 3.41. The van der Waals surface area contributed by atoms with E-state index in [1.54, 1.807) is 4.90 Å². The zero-order valence-electron chi connectivity index (χ0n) is 7.56. The molecule has 1 aromatic carbocycles. The Morgan fingerprint density at radius 2 is 1.43 bits per heavy atom. The molecule has 1 aromatic rings. The van der Waals surface area contributed by atoms with E-state index in [4.69, 9.17) is 0 Å². The van der Waals surface area contributed by atoms with Crippen molar-refractivity contribution >= 4 is 5.69 Å². The topological polar surface area (TPSA) is 3.24 Å². The second-order valence-electron chi connectivity index (χ2n) is 3.41. The average Bonchev–Trinajstić information content (AvgIpc) is 2.64. The highest BCUT2D eigenvalue weighted by molar-refractivity contribution is 5.48. The van der Waals surface area contributed by atoms with Gasteiger partial charge >= 0.3 is 0 Å². The highest BCUT2D eigenvalue weighted by Crippen LogP contribution is 2.25. The van der Waals surface area contributed by atoms with Gasteiger partial charge in [0.1, 0.15) is 5.82 Å². The number of hydrogen-bond donors (Lipinski definition) is 0. The summed E-state index contributed by atoms with van der Waals surface area (Å²) in [6.45, 7) is 1.42. The Kier molecular flexibility index (Phi) is 2.35. The van der Waals surface area contributed by atoms with Crippen LogP contribution in [0, 0.1) is 17.5 Å². The molecule has 1 nitrogen and oxygen atoms in total. The number of hydrogen-bond acceptors (Lipinski definition) is 1. The molecule has 0 amide bonds. The summed E-state index contributed by atoms with van der Waals surface area (Å²) >= 11 is 0. The predicted molar refractivity (Wildman–Crippen MR) is 47.8 cm³/mol. The van der Waals surface area contributed by atoms with Crippen LogP contribution in [-0.4, -0.2) is 13.1 Å². The average molecular weight is 201 g/mol. The van der Waals surface area contributed by atoms with E-state index in [9.17, 15) is 13.2 Å². The monoisotopic (exact) mass is 201 g/mol. The van der Waals surface area contributed by atoms with Crippen LogP contribution < -0.4 is 4.90 Å². The van der Waals surface area contributed by atoms with E-state index < -0.39 is 17.5 Å². The summed E-state index contributed by atoms with van der Waals surface area (Å²) in [6, 6.07) is 1.53. The zero-order chi connectivity index (χ0) is 10.1. The van der Waals surface area contributed by atoms with Crippen molar-refractivity contribution in [1.82, 2.24) is 0 Å². The third-order valence-electron chi connectivity index (χ3n) is 2.44. The van der Waals surface area contributed by atoms with Crippen molar-refractivity contribution in [3.8, 4) is 0 Å². The number of rotatable bonds is 1.